The van der Waals surface area contributed by atoms with Gasteiger partial charge in [0.05, 0.1) is 12.1 Å². The van der Waals surface area contributed by atoms with E-state index in [0.29, 0.717) is 12.8 Å². The van der Waals surface area contributed by atoms with E-state index in [1.807, 2.05) is 24.3 Å². The summed E-state index contributed by atoms with van der Waals surface area (Å²) in [4.78, 5) is 36.0. The predicted octanol–water partition coefficient (Wildman–Crippen LogP) is 3.05. The molecule has 1 unspecified atom stereocenters. The summed E-state index contributed by atoms with van der Waals surface area (Å²) in [6.45, 7) is 0.0714. The second-order valence-electron chi connectivity index (χ2n) is 8.63. The van der Waals surface area contributed by atoms with Crippen LogP contribution in [0, 0.1) is 0 Å². The van der Waals surface area contributed by atoms with Crippen molar-refractivity contribution < 1.29 is 29.0 Å². The van der Waals surface area contributed by atoms with E-state index in [1.165, 1.54) is 7.11 Å². The number of alkyl carbamates (subject to hydrolysis) is 1. The van der Waals surface area contributed by atoms with Crippen molar-refractivity contribution in [3.63, 3.8) is 0 Å². The van der Waals surface area contributed by atoms with Crippen LogP contribution in [0.4, 0.5) is 4.79 Å². The summed E-state index contributed by atoms with van der Waals surface area (Å²) in [5.74, 6) is -1.52. The van der Waals surface area contributed by atoms with Crippen LogP contribution < -0.4 is 10.6 Å². The third-order valence-electron chi connectivity index (χ3n) is 6.57. The van der Waals surface area contributed by atoms with Gasteiger partial charge in [0, 0.05) is 19.4 Å². The maximum Gasteiger partial charge on any atom is 0.407 e. The zero-order valence-corrected chi connectivity index (χ0v) is 18.5. The van der Waals surface area contributed by atoms with Crippen molar-refractivity contribution in [2.75, 3.05) is 20.3 Å². The van der Waals surface area contributed by atoms with Crippen molar-refractivity contribution in [2.24, 2.45) is 0 Å². The number of fused-ring (bicyclic) bond motifs is 3. The minimum absolute atomic E-state index is 0.0363. The van der Waals surface area contributed by atoms with Crippen LogP contribution in [0.2, 0.25) is 0 Å². The topological polar surface area (TPSA) is 114 Å². The second kappa shape index (κ2) is 9.62. The number of nitrogens with one attached hydrogen (secondary N) is 2. The number of carbonyl (C=O) groups is 3. The molecular formula is C25H28N2O6. The Hall–Kier alpha value is -3.39. The summed E-state index contributed by atoms with van der Waals surface area (Å²) in [6, 6.07) is 16.2. The molecule has 0 spiro atoms. The summed E-state index contributed by atoms with van der Waals surface area (Å²) in [6.07, 6.45) is 0.625. The molecule has 2 aliphatic carbocycles. The Balaban J connectivity index is 1.34. The Morgan fingerprint density at radius 1 is 1.06 bits per heavy atom. The first kappa shape index (κ1) is 22.8. The van der Waals surface area contributed by atoms with E-state index < -0.39 is 23.7 Å². The lowest BCUT2D eigenvalue weighted by atomic mass is 9.74. The summed E-state index contributed by atoms with van der Waals surface area (Å²) >= 11 is 0. The lowest BCUT2D eigenvalue weighted by Crippen LogP contribution is -2.56. The van der Waals surface area contributed by atoms with E-state index in [1.54, 1.807) is 0 Å². The van der Waals surface area contributed by atoms with Gasteiger partial charge in [-0.3, -0.25) is 4.79 Å². The minimum atomic E-state index is -1.15. The molecule has 1 saturated carbocycles. The lowest BCUT2D eigenvalue weighted by Gasteiger charge is -2.41. The van der Waals surface area contributed by atoms with Gasteiger partial charge in [-0.25, -0.2) is 9.59 Å². The summed E-state index contributed by atoms with van der Waals surface area (Å²) in [7, 11) is 1.27. The first-order chi connectivity index (χ1) is 15.9. The molecule has 2 amide bonds. The average Bonchev–Trinajstić information content (AvgIpc) is 3.10. The molecule has 174 valence electrons. The van der Waals surface area contributed by atoms with Crippen LogP contribution in [0.1, 0.15) is 42.7 Å². The molecule has 8 heteroatoms. The zero-order chi connectivity index (χ0) is 23.4. The molecule has 8 nitrogen and oxygen atoms in total. The number of hydrogen-bond donors (Lipinski definition) is 3. The number of ether oxygens (including phenoxy) is 2. The van der Waals surface area contributed by atoms with Gasteiger partial charge >= 0.3 is 12.1 Å². The summed E-state index contributed by atoms with van der Waals surface area (Å²) in [5.41, 5.74) is 3.92. The monoisotopic (exact) mass is 452 g/mol. The predicted molar refractivity (Wildman–Crippen MR) is 121 cm³/mol. The molecule has 0 aliphatic heterocycles. The molecule has 2 aromatic rings. The molecule has 0 bridgehead atoms. The molecule has 0 saturated heterocycles. The SMILES string of the molecule is COC(CNC(=O)CC1(NC(=O)OCC2c3ccccc3-c3ccccc32)CCC1)C(=O)O. The Labute approximate surface area is 192 Å². The Morgan fingerprint density at radius 3 is 2.18 bits per heavy atom. The largest absolute Gasteiger partial charge is 0.479 e. The van der Waals surface area contributed by atoms with Gasteiger partial charge in [0.2, 0.25) is 5.91 Å². The molecule has 0 radical (unpaired) electrons. The number of hydrogen-bond acceptors (Lipinski definition) is 5. The fraction of sp³-hybridized carbons (Fsp3) is 0.400. The number of carboxylic acid groups (broad SMARTS) is 1. The fourth-order valence-electron chi connectivity index (χ4n) is 4.65. The van der Waals surface area contributed by atoms with E-state index in [2.05, 4.69) is 34.9 Å². The van der Waals surface area contributed by atoms with Gasteiger partial charge in [0.25, 0.3) is 0 Å². The van der Waals surface area contributed by atoms with Crippen LogP contribution >= 0.6 is 0 Å². The molecular weight excluding hydrogens is 424 g/mol. The molecule has 3 N–H and O–H groups in total. The van der Waals surface area contributed by atoms with Gasteiger partial charge < -0.3 is 25.2 Å². The van der Waals surface area contributed by atoms with Crippen LogP contribution in [0.3, 0.4) is 0 Å². The minimum Gasteiger partial charge on any atom is -0.479 e. The van der Waals surface area contributed by atoms with Gasteiger partial charge in [-0.1, -0.05) is 48.5 Å². The van der Waals surface area contributed by atoms with Crippen LogP contribution in [0.25, 0.3) is 11.1 Å². The zero-order valence-electron chi connectivity index (χ0n) is 18.5. The van der Waals surface area contributed by atoms with E-state index in [4.69, 9.17) is 14.6 Å². The fourth-order valence-corrected chi connectivity index (χ4v) is 4.65. The van der Waals surface area contributed by atoms with Gasteiger partial charge in [-0.2, -0.15) is 0 Å². The van der Waals surface area contributed by atoms with Gasteiger partial charge in [0.15, 0.2) is 6.10 Å². The van der Waals surface area contributed by atoms with Crippen LogP contribution in [0.15, 0.2) is 48.5 Å². The Morgan fingerprint density at radius 2 is 1.67 bits per heavy atom. The number of methoxy groups -OCH3 is 1. The molecule has 0 heterocycles. The molecule has 2 aliphatic rings. The van der Waals surface area contributed by atoms with Crippen molar-refractivity contribution >= 4 is 18.0 Å². The quantitative estimate of drug-likeness (QED) is 0.539. The summed E-state index contributed by atoms with van der Waals surface area (Å²) < 4.78 is 10.4. The van der Waals surface area contributed by atoms with E-state index in [0.717, 1.165) is 28.7 Å². The normalized spacial score (nSPS) is 16.6. The number of carboxylic acids is 1. The second-order valence-corrected chi connectivity index (χ2v) is 8.63. The van der Waals surface area contributed by atoms with E-state index in [9.17, 15) is 14.4 Å². The van der Waals surface area contributed by atoms with E-state index in [-0.39, 0.29) is 31.4 Å². The standard InChI is InChI=1S/C25H28N2O6/c1-32-21(23(29)30)14-26-22(28)13-25(11-6-12-25)27-24(31)33-15-20-18-9-4-2-7-16(18)17-8-3-5-10-19(17)20/h2-5,7-10,20-21H,6,11-15H2,1H3,(H,26,28)(H,27,31)(H,29,30). The van der Waals surface area contributed by atoms with Crippen LogP contribution in [0.5, 0.6) is 0 Å². The van der Waals surface area contributed by atoms with Crippen LogP contribution in [-0.4, -0.2) is 55.0 Å². The molecule has 1 fully saturated rings. The van der Waals surface area contributed by atoms with Crippen molar-refractivity contribution in [1.29, 1.82) is 0 Å². The molecule has 4 rings (SSSR count). The van der Waals surface area contributed by atoms with Crippen LogP contribution in [-0.2, 0) is 19.1 Å². The molecule has 1 atom stereocenters. The van der Waals surface area contributed by atoms with Gasteiger partial charge in [-0.15, -0.1) is 0 Å². The number of benzene rings is 2. The lowest BCUT2D eigenvalue weighted by molar-refractivity contribution is -0.148. The van der Waals surface area contributed by atoms with Crippen molar-refractivity contribution in [3.05, 3.63) is 59.7 Å². The van der Waals surface area contributed by atoms with E-state index >= 15 is 0 Å². The highest BCUT2D eigenvalue weighted by molar-refractivity contribution is 5.81. The van der Waals surface area contributed by atoms with Crippen molar-refractivity contribution in [1.82, 2.24) is 10.6 Å². The molecule has 33 heavy (non-hydrogen) atoms. The number of amides is 2. The molecule has 2 aromatic carbocycles. The third kappa shape index (κ3) is 4.85. The average molecular weight is 453 g/mol. The third-order valence-corrected chi connectivity index (χ3v) is 6.57. The molecule has 0 aromatic heterocycles. The number of aliphatic carboxylic acids is 1. The highest BCUT2D eigenvalue weighted by Gasteiger charge is 2.41. The van der Waals surface area contributed by atoms with Gasteiger partial charge in [-0.05, 0) is 41.5 Å². The Kier molecular flexibility index (Phi) is 6.65. The highest BCUT2D eigenvalue weighted by atomic mass is 16.5. The number of rotatable bonds is 9. The first-order valence-electron chi connectivity index (χ1n) is 11.1. The number of carbonyl (C=O) groups excluding carboxylic acids is 2. The summed E-state index contributed by atoms with van der Waals surface area (Å²) in [5, 5.41) is 14.5. The highest BCUT2D eigenvalue weighted by Crippen LogP contribution is 2.44. The Bertz CT molecular complexity index is 1000. The first-order valence-corrected chi connectivity index (χ1v) is 11.1. The van der Waals surface area contributed by atoms with Gasteiger partial charge in [0.1, 0.15) is 6.61 Å². The smallest absolute Gasteiger partial charge is 0.407 e. The maximum absolute atomic E-state index is 12.7. The maximum atomic E-state index is 12.7. The van der Waals surface area contributed by atoms with Crippen molar-refractivity contribution in [3.8, 4) is 11.1 Å². The van der Waals surface area contributed by atoms with Crippen molar-refractivity contribution in [2.45, 2.75) is 43.2 Å².